The fraction of sp³-hybridized carbons (Fsp3) is 0.118. The van der Waals surface area contributed by atoms with Gasteiger partial charge in [0.25, 0.3) is 5.91 Å². The standard InChI is InChI=1S/C17H15N5O4/c1-11-6-8-12(9-7-11)16-19-17(21-20-16)18-15(23)10-26-14-5-3-2-4-13(14)22(24)25/h2-9H,10H2,1H3,(H2,18,19,20,21,23). The molecule has 0 atom stereocenters. The molecule has 0 aliphatic heterocycles. The molecular weight excluding hydrogens is 338 g/mol. The molecule has 0 saturated carbocycles. The third kappa shape index (κ3) is 4.01. The van der Waals surface area contributed by atoms with Crippen molar-refractivity contribution in [1.82, 2.24) is 15.2 Å². The Balaban J connectivity index is 1.61. The van der Waals surface area contributed by atoms with Crippen molar-refractivity contribution in [2.75, 3.05) is 11.9 Å². The van der Waals surface area contributed by atoms with Crippen LogP contribution in [0.15, 0.2) is 48.5 Å². The minimum atomic E-state index is -0.573. The Morgan fingerprint density at radius 3 is 2.69 bits per heavy atom. The first-order valence-corrected chi connectivity index (χ1v) is 7.68. The molecular formula is C17H15N5O4. The number of nitro benzene ring substituents is 1. The number of rotatable bonds is 6. The van der Waals surface area contributed by atoms with Crippen LogP contribution in [0.4, 0.5) is 11.6 Å². The number of carbonyl (C=O) groups is 1. The summed E-state index contributed by atoms with van der Waals surface area (Å²) in [5, 5.41) is 20.1. The number of nitro groups is 1. The van der Waals surface area contributed by atoms with Gasteiger partial charge in [0.2, 0.25) is 5.95 Å². The van der Waals surface area contributed by atoms with Gasteiger partial charge in [-0.1, -0.05) is 42.0 Å². The second kappa shape index (κ2) is 7.43. The van der Waals surface area contributed by atoms with E-state index < -0.39 is 17.4 Å². The SMILES string of the molecule is Cc1ccc(-c2nc(NC(=O)COc3ccccc3[N+](=O)[O-])n[nH]2)cc1. The van der Waals surface area contributed by atoms with Crippen molar-refractivity contribution in [1.29, 1.82) is 0 Å². The molecule has 1 amide bonds. The molecule has 0 aliphatic rings. The van der Waals surface area contributed by atoms with E-state index in [0.29, 0.717) is 5.82 Å². The Morgan fingerprint density at radius 1 is 1.23 bits per heavy atom. The van der Waals surface area contributed by atoms with Crippen molar-refractivity contribution in [3.05, 3.63) is 64.2 Å². The number of hydrogen-bond donors (Lipinski definition) is 2. The number of hydrogen-bond acceptors (Lipinski definition) is 6. The summed E-state index contributed by atoms with van der Waals surface area (Å²) >= 11 is 0. The lowest BCUT2D eigenvalue weighted by molar-refractivity contribution is -0.385. The fourth-order valence-electron chi connectivity index (χ4n) is 2.19. The molecule has 0 bridgehead atoms. The van der Waals surface area contributed by atoms with Crippen LogP contribution in [0.1, 0.15) is 5.56 Å². The van der Waals surface area contributed by atoms with Gasteiger partial charge in [-0.2, -0.15) is 4.98 Å². The monoisotopic (exact) mass is 353 g/mol. The highest BCUT2D eigenvalue weighted by molar-refractivity contribution is 5.90. The van der Waals surface area contributed by atoms with Crippen LogP contribution < -0.4 is 10.1 Å². The average Bonchev–Trinajstić information content (AvgIpc) is 3.09. The third-order valence-electron chi connectivity index (χ3n) is 3.48. The van der Waals surface area contributed by atoms with Gasteiger partial charge < -0.3 is 4.74 Å². The maximum absolute atomic E-state index is 12.0. The molecule has 0 unspecified atom stereocenters. The third-order valence-corrected chi connectivity index (χ3v) is 3.48. The molecule has 0 aliphatic carbocycles. The number of amides is 1. The van der Waals surface area contributed by atoms with Crippen LogP contribution in [-0.2, 0) is 4.79 Å². The quantitative estimate of drug-likeness (QED) is 0.519. The van der Waals surface area contributed by atoms with Crippen molar-refractivity contribution in [3.8, 4) is 17.1 Å². The predicted octanol–water partition coefficient (Wildman–Crippen LogP) is 2.71. The number of nitrogens with one attached hydrogen (secondary N) is 2. The van der Waals surface area contributed by atoms with Crippen molar-refractivity contribution in [2.24, 2.45) is 0 Å². The Bertz CT molecular complexity index is 936. The normalized spacial score (nSPS) is 10.3. The number of anilines is 1. The molecule has 3 aromatic rings. The fourth-order valence-corrected chi connectivity index (χ4v) is 2.19. The molecule has 0 spiro atoms. The highest BCUT2D eigenvalue weighted by atomic mass is 16.6. The van der Waals surface area contributed by atoms with E-state index in [4.69, 9.17) is 4.74 Å². The van der Waals surface area contributed by atoms with Gasteiger partial charge in [0, 0.05) is 11.6 Å². The lowest BCUT2D eigenvalue weighted by Gasteiger charge is -2.05. The summed E-state index contributed by atoms with van der Waals surface area (Å²) < 4.78 is 5.22. The van der Waals surface area contributed by atoms with Crippen molar-refractivity contribution in [2.45, 2.75) is 6.92 Å². The Labute approximate surface area is 148 Å². The highest BCUT2D eigenvalue weighted by Gasteiger charge is 2.15. The van der Waals surface area contributed by atoms with E-state index in [1.807, 2.05) is 31.2 Å². The Morgan fingerprint density at radius 2 is 1.96 bits per heavy atom. The molecule has 1 aromatic heterocycles. The van der Waals surface area contributed by atoms with Crippen LogP contribution in [0.2, 0.25) is 0 Å². The number of H-pyrrole nitrogens is 1. The second-order valence-electron chi connectivity index (χ2n) is 5.44. The molecule has 3 rings (SSSR count). The van der Waals surface area contributed by atoms with E-state index in [1.165, 1.54) is 18.2 Å². The van der Waals surface area contributed by atoms with Gasteiger partial charge in [0.1, 0.15) is 0 Å². The molecule has 0 radical (unpaired) electrons. The smallest absolute Gasteiger partial charge is 0.310 e. The first-order chi connectivity index (χ1) is 12.5. The van der Waals surface area contributed by atoms with E-state index in [0.717, 1.165) is 11.1 Å². The Hall–Kier alpha value is -3.75. The first-order valence-electron chi connectivity index (χ1n) is 7.68. The van der Waals surface area contributed by atoms with Crippen LogP contribution in [0.3, 0.4) is 0 Å². The summed E-state index contributed by atoms with van der Waals surface area (Å²) in [5.41, 5.74) is 1.74. The van der Waals surface area contributed by atoms with Gasteiger partial charge in [-0.25, -0.2) is 0 Å². The van der Waals surface area contributed by atoms with Crippen LogP contribution >= 0.6 is 0 Å². The van der Waals surface area contributed by atoms with Gasteiger partial charge in [-0.15, -0.1) is 5.10 Å². The number of carbonyl (C=O) groups excluding carboxylic acids is 1. The van der Waals surface area contributed by atoms with Crippen LogP contribution in [0.5, 0.6) is 5.75 Å². The van der Waals surface area contributed by atoms with Crippen molar-refractivity contribution >= 4 is 17.5 Å². The summed E-state index contributed by atoms with van der Waals surface area (Å²) in [6, 6.07) is 13.5. The first kappa shape index (κ1) is 17.1. The van der Waals surface area contributed by atoms with E-state index in [2.05, 4.69) is 20.5 Å². The molecule has 26 heavy (non-hydrogen) atoms. The number of para-hydroxylation sites is 2. The molecule has 9 nitrogen and oxygen atoms in total. The van der Waals surface area contributed by atoms with Crippen LogP contribution in [-0.4, -0.2) is 32.6 Å². The molecule has 1 heterocycles. The van der Waals surface area contributed by atoms with E-state index in [9.17, 15) is 14.9 Å². The zero-order valence-corrected chi connectivity index (χ0v) is 13.8. The molecule has 2 aromatic carbocycles. The number of ether oxygens (including phenoxy) is 1. The molecule has 0 fully saturated rings. The number of aryl methyl sites for hydroxylation is 1. The van der Waals surface area contributed by atoms with Crippen molar-refractivity contribution in [3.63, 3.8) is 0 Å². The maximum Gasteiger partial charge on any atom is 0.310 e. The number of nitrogens with zero attached hydrogens (tertiary/aromatic N) is 3. The van der Waals surface area contributed by atoms with Gasteiger partial charge in [0.15, 0.2) is 18.2 Å². The molecule has 2 N–H and O–H groups in total. The van der Waals surface area contributed by atoms with Gasteiger partial charge in [-0.3, -0.25) is 25.3 Å². The van der Waals surface area contributed by atoms with Gasteiger partial charge in [0.05, 0.1) is 4.92 Å². The maximum atomic E-state index is 12.0. The number of aromatic amines is 1. The van der Waals surface area contributed by atoms with Crippen LogP contribution in [0, 0.1) is 17.0 Å². The Kier molecular flexibility index (Phi) is 4.88. The largest absolute Gasteiger partial charge is 0.477 e. The molecule has 132 valence electrons. The number of benzene rings is 2. The summed E-state index contributed by atoms with van der Waals surface area (Å²) in [7, 11) is 0. The summed E-state index contributed by atoms with van der Waals surface area (Å²) in [5.74, 6) is 0.0947. The second-order valence-corrected chi connectivity index (χ2v) is 5.44. The van der Waals surface area contributed by atoms with E-state index >= 15 is 0 Å². The minimum absolute atomic E-state index is 0.0166. The summed E-state index contributed by atoms with van der Waals surface area (Å²) in [4.78, 5) is 26.5. The van der Waals surface area contributed by atoms with Gasteiger partial charge in [-0.05, 0) is 13.0 Å². The molecule has 0 saturated heterocycles. The zero-order valence-electron chi connectivity index (χ0n) is 13.8. The summed E-state index contributed by atoms with van der Waals surface area (Å²) in [6.07, 6.45) is 0. The van der Waals surface area contributed by atoms with E-state index in [1.54, 1.807) is 6.07 Å². The lowest BCUT2D eigenvalue weighted by atomic mass is 10.1. The van der Waals surface area contributed by atoms with Crippen molar-refractivity contribution < 1.29 is 14.5 Å². The van der Waals surface area contributed by atoms with Gasteiger partial charge >= 0.3 is 5.69 Å². The predicted molar refractivity (Wildman–Crippen MR) is 93.8 cm³/mol. The highest BCUT2D eigenvalue weighted by Crippen LogP contribution is 2.25. The number of aromatic nitrogens is 3. The van der Waals surface area contributed by atoms with E-state index in [-0.39, 0.29) is 17.4 Å². The van der Waals surface area contributed by atoms with Crippen LogP contribution in [0.25, 0.3) is 11.4 Å². The zero-order chi connectivity index (χ0) is 18.5. The molecule has 9 heteroatoms. The minimum Gasteiger partial charge on any atom is -0.477 e. The topological polar surface area (TPSA) is 123 Å². The average molecular weight is 353 g/mol. The lowest BCUT2D eigenvalue weighted by Crippen LogP contribution is -2.21. The summed E-state index contributed by atoms with van der Waals surface area (Å²) in [6.45, 7) is 1.58.